The normalized spacial score (nSPS) is 17.9. The molecule has 0 amide bonds. The predicted octanol–water partition coefficient (Wildman–Crippen LogP) is 3.24. The van der Waals surface area contributed by atoms with Crippen molar-refractivity contribution in [1.29, 1.82) is 0 Å². The fourth-order valence-electron chi connectivity index (χ4n) is 2.70. The molecule has 1 aromatic rings. The van der Waals surface area contributed by atoms with E-state index in [1.165, 1.54) is 37.5 Å². The molecule has 1 aliphatic rings. The van der Waals surface area contributed by atoms with Gasteiger partial charge in [0, 0.05) is 18.0 Å². The minimum Gasteiger partial charge on any atom is -0.300 e. The molecule has 1 fully saturated rings. The zero-order chi connectivity index (χ0) is 14.4. The highest BCUT2D eigenvalue weighted by Crippen LogP contribution is 2.21. The Balaban J connectivity index is 1.92. The summed E-state index contributed by atoms with van der Waals surface area (Å²) in [5.41, 5.74) is 0. The van der Waals surface area contributed by atoms with E-state index in [0.717, 1.165) is 0 Å². The highest BCUT2D eigenvalue weighted by Gasteiger charge is 2.17. The molecule has 0 N–H and O–H groups in total. The first-order valence-corrected chi connectivity index (χ1v) is 8.81. The van der Waals surface area contributed by atoms with E-state index in [-0.39, 0.29) is 0 Å². The van der Waals surface area contributed by atoms with Gasteiger partial charge in [0.25, 0.3) is 0 Å². The molecular weight excluding hydrogens is 270 g/mol. The van der Waals surface area contributed by atoms with Crippen LogP contribution < -0.4 is 0 Å². The average Bonchev–Trinajstić information content (AvgIpc) is 2.49. The molecule has 0 atom stereocenters. The van der Waals surface area contributed by atoms with Gasteiger partial charge in [0.2, 0.25) is 0 Å². The van der Waals surface area contributed by atoms with E-state index in [4.69, 9.17) is 0 Å². The number of likely N-dealkylation sites (N-methyl/N-ethyl adjacent to an activating group) is 1. The van der Waals surface area contributed by atoms with E-state index < -0.39 is 9.84 Å². The number of benzene rings is 1. The topological polar surface area (TPSA) is 37.4 Å². The molecule has 0 unspecified atom stereocenters. The predicted molar refractivity (Wildman–Crippen MR) is 82.3 cm³/mol. The standard InChI is InChI=1S/C16H23NO2S/c1-17(15-9-4-2-5-10-15)13-8-14-20(18,19)16-11-6-3-7-12-16/h3,6-8,11-12,14-15H,2,4-5,9-10,13H2,1H3/b14-8+. The maximum Gasteiger partial charge on any atom is 0.199 e. The second kappa shape index (κ2) is 7.04. The van der Waals surface area contributed by atoms with E-state index in [0.29, 0.717) is 17.5 Å². The van der Waals surface area contributed by atoms with Gasteiger partial charge < -0.3 is 0 Å². The molecule has 110 valence electrons. The van der Waals surface area contributed by atoms with Crippen molar-refractivity contribution in [1.82, 2.24) is 4.90 Å². The minimum absolute atomic E-state index is 0.358. The van der Waals surface area contributed by atoms with Crippen LogP contribution in [0.4, 0.5) is 0 Å². The van der Waals surface area contributed by atoms with Crippen LogP contribution in [0, 0.1) is 0 Å². The minimum atomic E-state index is -3.29. The lowest BCUT2D eigenvalue weighted by atomic mass is 9.94. The largest absolute Gasteiger partial charge is 0.300 e. The van der Waals surface area contributed by atoms with Crippen LogP contribution in [0.1, 0.15) is 32.1 Å². The molecule has 0 spiro atoms. The van der Waals surface area contributed by atoms with Crippen molar-refractivity contribution in [3.8, 4) is 0 Å². The van der Waals surface area contributed by atoms with Crippen LogP contribution >= 0.6 is 0 Å². The second-order valence-corrected chi connectivity index (χ2v) is 7.29. The Morgan fingerprint density at radius 1 is 1.15 bits per heavy atom. The molecule has 1 saturated carbocycles. The number of hydrogen-bond donors (Lipinski definition) is 0. The Morgan fingerprint density at radius 3 is 2.45 bits per heavy atom. The van der Waals surface area contributed by atoms with Crippen molar-refractivity contribution in [3.05, 3.63) is 41.8 Å². The molecule has 0 heterocycles. The highest BCUT2D eigenvalue weighted by molar-refractivity contribution is 7.94. The lowest BCUT2D eigenvalue weighted by Crippen LogP contribution is -2.33. The molecule has 0 aromatic heterocycles. The van der Waals surface area contributed by atoms with Crippen LogP contribution in [0.3, 0.4) is 0 Å². The summed E-state index contributed by atoms with van der Waals surface area (Å²) >= 11 is 0. The summed E-state index contributed by atoms with van der Waals surface area (Å²) in [6, 6.07) is 9.17. The Bertz CT molecular complexity index is 531. The van der Waals surface area contributed by atoms with Crippen molar-refractivity contribution in [2.75, 3.05) is 13.6 Å². The van der Waals surface area contributed by atoms with E-state index in [1.807, 2.05) is 6.07 Å². The van der Waals surface area contributed by atoms with Crippen LogP contribution in [0.5, 0.6) is 0 Å². The SMILES string of the molecule is CN(C/C=C/S(=O)(=O)c1ccccc1)C1CCCCC1. The van der Waals surface area contributed by atoms with Crippen LogP contribution in [0.2, 0.25) is 0 Å². The highest BCUT2D eigenvalue weighted by atomic mass is 32.2. The first kappa shape index (κ1) is 15.3. The van der Waals surface area contributed by atoms with Crippen molar-refractivity contribution in [2.45, 2.75) is 43.0 Å². The quantitative estimate of drug-likeness (QED) is 0.836. The van der Waals surface area contributed by atoms with Gasteiger partial charge in [0.1, 0.15) is 0 Å². The Kier molecular flexibility index (Phi) is 5.38. The molecule has 0 aliphatic heterocycles. The van der Waals surface area contributed by atoms with Crippen molar-refractivity contribution in [2.24, 2.45) is 0 Å². The van der Waals surface area contributed by atoms with Gasteiger partial charge in [-0.1, -0.05) is 43.5 Å². The van der Waals surface area contributed by atoms with Gasteiger partial charge in [-0.3, -0.25) is 4.90 Å². The first-order valence-electron chi connectivity index (χ1n) is 7.26. The molecule has 3 nitrogen and oxygen atoms in total. The zero-order valence-corrected chi connectivity index (χ0v) is 12.8. The van der Waals surface area contributed by atoms with Crippen LogP contribution in [0.25, 0.3) is 0 Å². The van der Waals surface area contributed by atoms with Crippen molar-refractivity contribution in [3.63, 3.8) is 0 Å². The van der Waals surface area contributed by atoms with Crippen molar-refractivity contribution >= 4 is 9.84 Å². The molecule has 1 aliphatic carbocycles. The van der Waals surface area contributed by atoms with Crippen molar-refractivity contribution < 1.29 is 8.42 Å². The van der Waals surface area contributed by atoms with Crippen LogP contribution in [-0.4, -0.2) is 33.0 Å². The smallest absolute Gasteiger partial charge is 0.199 e. The summed E-state index contributed by atoms with van der Waals surface area (Å²) in [4.78, 5) is 2.62. The third-order valence-electron chi connectivity index (χ3n) is 3.94. The third kappa shape index (κ3) is 4.18. The fourth-order valence-corrected chi connectivity index (χ4v) is 3.73. The molecule has 0 saturated heterocycles. The summed E-state index contributed by atoms with van der Waals surface area (Å²) < 4.78 is 24.2. The van der Waals surface area contributed by atoms with E-state index in [1.54, 1.807) is 30.3 Å². The first-order chi connectivity index (χ1) is 9.59. The van der Waals surface area contributed by atoms with Gasteiger partial charge in [-0.15, -0.1) is 0 Å². The van der Waals surface area contributed by atoms with Gasteiger partial charge in [-0.25, -0.2) is 8.42 Å². The van der Waals surface area contributed by atoms with Gasteiger partial charge >= 0.3 is 0 Å². The maximum absolute atomic E-state index is 12.1. The summed E-state index contributed by atoms with van der Waals surface area (Å²) in [5, 5.41) is 1.33. The summed E-state index contributed by atoms with van der Waals surface area (Å²) in [6.07, 6.45) is 8.15. The van der Waals surface area contributed by atoms with Crippen LogP contribution in [-0.2, 0) is 9.84 Å². The second-order valence-electron chi connectivity index (χ2n) is 5.46. The van der Waals surface area contributed by atoms with E-state index >= 15 is 0 Å². The lowest BCUT2D eigenvalue weighted by molar-refractivity contribution is 0.209. The monoisotopic (exact) mass is 293 g/mol. The maximum atomic E-state index is 12.1. The molecule has 2 rings (SSSR count). The molecule has 1 aromatic carbocycles. The molecule has 0 radical (unpaired) electrons. The lowest BCUT2D eigenvalue weighted by Gasteiger charge is -2.30. The third-order valence-corrected chi connectivity index (χ3v) is 5.42. The zero-order valence-electron chi connectivity index (χ0n) is 12.0. The number of sulfone groups is 1. The number of hydrogen-bond acceptors (Lipinski definition) is 3. The number of nitrogens with zero attached hydrogens (tertiary/aromatic N) is 1. The Labute approximate surface area is 122 Å². The average molecular weight is 293 g/mol. The van der Waals surface area contributed by atoms with Gasteiger partial charge in [-0.05, 0) is 32.0 Å². The Hall–Kier alpha value is -1.13. The molecule has 0 bridgehead atoms. The van der Waals surface area contributed by atoms with E-state index in [9.17, 15) is 8.42 Å². The summed E-state index contributed by atoms with van der Waals surface area (Å²) in [5.74, 6) is 0. The molecule has 4 heteroatoms. The fraction of sp³-hybridized carbons (Fsp3) is 0.500. The number of rotatable bonds is 5. The molecular formula is C16H23NO2S. The molecule has 20 heavy (non-hydrogen) atoms. The van der Waals surface area contributed by atoms with Gasteiger partial charge in [0.15, 0.2) is 9.84 Å². The van der Waals surface area contributed by atoms with Crippen LogP contribution in [0.15, 0.2) is 46.7 Å². The Morgan fingerprint density at radius 2 is 1.80 bits per heavy atom. The van der Waals surface area contributed by atoms with Gasteiger partial charge in [0.05, 0.1) is 4.90 Å². The van der Waals surface area contributed by atoms with E-state index in [2.05, 4.69) is 11.9 Å². The summed E-state index contributed by atoms with van der Waals surface area (Å²) in [7, 11) is -1.22. The van der Waals surface area contributed by atoms with Gasteiger partial charge in [-0.2, -0.15) is 0 Å². The summed E-state index contributed by atoms with van der Waals surface area (Å²) in [6.45, 7) is 0.691.